The van der Waals surface area contributed by atoms with Crippen LogP contribution in [0.15, 0.2) is 24.4 Å². The number of fused-ring (bicyclic) bond motifs is 5. The number of aromatic nitrogens is 1. The molecule has 2 amide bonds. The molecule has 0 spiro atoms. The van der Waals surface area contributed by atoms with Gasteiger partial charge in [0.25, 0.3) is 0 Å². The van der Waals surface area contributed by atoms with Gasteiger partial charge in [-0.25, -0.2) is 4.98 Å². The highest BCUT2D eigenvalue weighted by atomic mass is 32.1. The molecule has 0 bridgehead atoms. The zero-order valence-corrected chi connectivity index (χ0v) is 19.5. The van der Waals surface area contributed by atoms with Crippen LogP contribution in [-0.4, -0.2) is 29.0 Å². The summed E-state index contributed by atoms with van der Waals surface area (Å²) in [6, 6.07) is 6.00. The first kappa shape index (κ1) is 21.6. The van der Waals surface area contributed by atoms with Gasteiger partial charge in [0.1, 0.15) is 0 Å². The number of carbonyl (C=O) groups is 2. The molecular weight excluding hydrogens is 422 g/mol. The number of thiazole rings is 1. The van der Waals surface area contributed by atoms with Gasteiger partial charge in [0, 0.05) is 23.1 Å². The van der Waals surface area contributed by atoms with E-state index >= 15 is 0 Å². The van der Waals surface area contributed by atoms with E-state index in [0.717, 1.165) is 43.6 Å². The van der Waals surface area contributed by atoms with Crippen LogP contribution in [0.1, 0.15) is 71.3 Å². The summed E-state index contributed by atoms with van der Waals surface area (Å²) in [6.07, 6.45) is 7.34. The molecule has 170 valence electrons. The van der Waals surface area contributed by atoms with Gasteiger partial charge in [0.05, 0.1) is 12.2 Å². The van der Waals surface area contributed by atoms with Crippen LogP contribution in [-0.2, 0) is 16.0 Å². The van der Waals surface area contributed by atoms with Crippen molar-refractivity contribution in [2.45, 2.75) is 63.9 Å². The number of anilines is 1. The standard InChI is InChI=1S/C25H31N3O3S/c1-14-12-27-24(32-14)28-21(29)8-5-17-13-31-25(2)10-9-19-18-6-4-16(23(26)30)11-15(18)3-7-20(19)22(17)25/h4,6,11-12,17,19-20,22H,3,5,7-10,13H2,1-2H3,(H2,26,30)(H,27,28,29)/t17-,19-,20-,22+,25+/m1/s1. The van der Waals surface area contributed by atoms with E-state index in [1.165, 1.54) is 22.5 Å². The Labute approximate surface area is 192 Å². The lowest BCUT2D eigenvalue weighted by Crippen LogP contribution is -2.46. The van der Waals surface area contributed by atoms with Crippen molar-refractivity contribution in [1.82, 2.24) is 4.98 Å². The maximum atomic E-state index is 12.5. The summed E-state index contributed by atoms with van der Waals surface area (Å²) in [5.41, 5.74) is 8.67. The van der Waals surface area contributed by atoms with Gasteiger partial charge in [-0.05, 0) is 92.9 Å². The highest BCUT2D eigenvalue weighted by Crippen LogP contribution is 2.58. The third-order valence-electron chi connectivity index (χ3n) is 7.95. The summed E-state index contributed by atoms with van der Waals surface area (Å²) in [4.78, 5) is 29.5. The van der Waals surface area contributed by atoms with E-state index in [1.54, 1.807) is 6.20 Å². The van der Waals surface area contributed by atoms with Crippen LogP contribution in [0, 0.1) is 24.7 Å². The quantitative estimate of drug-likeness (QED) is 0.700. The van der Waals surface area contributed by atoms with E-state index in [0.29, 0.717) is 40.8 Å². The van der Waals surface area contributed by atoms with Crippen molar-refractivity contribution in [3.05, 3.63) is 46.0 Å². The molecule has 1 aliphatic heterocycles. The summed E-state index contributed by atoms with van der Waals surface area (Å²) in [6.45, 7) is 5.00. The molecule has 6 nitrogen and oxygen atoms in total. The number of primary amides is 1. The molecule has 1 saturated carbocycles. The Kier molecular flexibility index (Phi) is 5.58. The van der Waals surface area contributed by atoms with Crippen molar-refractivity contribution in [2.75, 3.05) is 11.9 Å². The van der Waals surface area contributed by atoms with Gasteiger partial charge in [0.15, 0.2) is 5.13 Å². The van der Waals surface area contributed by atoms with Crippen molar-refractivity contribution in [3.8, 4) is 0 Å². The number of benzene rings is 1. The monoisotopic (exact) mass is 453 g/mol. The van der Waals surface area contributed by atoms with Crippen LogP contribution in [0.3, 0.4) is 0 Å². The minimum atomic E-state index is -0.360. The van der Waals surface area contributed by atoms with Gasteiger partial charge in [-0.3, -0.25) is 9.59 Å². The van der Waals surface area contributed by atoms with E-state index in [2.05, 4.69) is 23.3 Å². The number of aryl methyl sites for hydroxylation is 2. The molecule has 32 heavy (non-hydrogen) atoms. The normalized spacial score (nSPS) is 30.8. The highest BCUT2D eigenvalue weighted by Gasteiger charge is 2.55. The predicted molar refractivity (Wildman–Crippen MR) is 125 cm³/mol. The smallest absolute Gasteiger partial charge is 0.248 e. The van der Waals surface area contributed by atoms with Gasteiger partial charge in [-0.15, -0.1) is 11.3 Å². The minimum absolute atomic E-state index is 0.0354. The van der Waals surface area contributed by atoms with Crippen molar-refractivity contribution in [1.29, 1.82) is 0 Å². The second-order valence-electron chi connectivity index (χ2n) is 9.90. The van der Waals surface area contributed by atoms with E-state index in [4.69, 9.17) is 10.5 Å². The van der Waals surface area contributed by atoms with Crippen molar-refractivity contribution in [3.63, 3.8) is 0 Å². The molecule has 2 aliphatic carbocycles. The Hall–Kier alpha value is -2.25. The summed E-state index contributed by atoms with van der Waals surface area (Å²) in [7, 11) is 0. The average molecular weight is 454 g/mol. The molecule has 1 aromatic heterocycles. The molecule has 2 aromatic rings. The number of nitrogens with zero attached hydrogens (tertiary/aromatic N) is 1. The minimum Gasteiger partial charge on any atom is -0.375 e. The average Bonchev–Trinajstić information content (AvgIpc) is 3.33. The van der Waals surface area contributed by atoms with Gasteiger partial charge in [-0.2, -0.15) is 0 Å². The summed E-state index contributed by atoms with van der Waals surface area (Å²) >= 11 is 1.51. The van der Waals surface area contributed by atoms with Gasteiger partial charge >= 0.3 is 0 Å². The lowest BCUT2D eigenvalue weighted by molar-refractivity contribution is -0.116. The van der Waals surface area contributed by atoms with Crippen LogP contribution in [0.2, 0.25) is 0 Å². The molecule has 2 fully saturated rings. The fourth-order valence-corrected chi connectivity index (χ4v) is 7.22. The van der Waals surface area contributed by atoms with Gasteiger partial charge < -0.3 is 15.8 Å². The lowest BCUT2D eigenvalue weighted by Gasteiger charge is -2.49. The fraction of sp³-hybridized carbons (Fsp3) is 0.560. The van der Waals surface area contributed by atoms with E-state index in [-0.39, 0.29) is 17.4 Å². The van der Waals surface area contributed by atoms with Crippen LogP contribution in [0.5, 0.6) is 0 Å². The first-order valence-electron chi connectivity index (χ1n) is 11.6. The number of nitrogens with two attached hydrogens (primary N) is 1. The highest BCUT2D eigenvalue weighted by molar-refractivity contribution is 7.15. The second kappa shape index (κ2) is 8.27. The molecule has 0 unspecified atom stereocenters. The van der Waals surface area contributed by atoms with E-state index < -0.39 is 0 Å². The largest absolute Gasteiger partial charge is 0.375 e. The Morgan fingerprint density at radius 3 is 2.94 bits per heavy atom. The molecule has 5 atom stereocenters. The van der Waals surface area contributed by atoms with Crippen molar-refractivity contribution >= 4 is 28.3 Å². The number of hydrogen-bond acceptors (Lipinski definition) is 5. The first-order chi connectivity index (χ1) is 15.3. The number of carbonyl (C=O) groups excluding carboxylic acids is 2. The Morgan fingerprint density at radius 1 is 1.34 bits per heavy atom. The molecule has 5 rings (SSSR count). The predicted octanol–water partition coefficient (Wildman–Crippen LogP) is 4.43. The van der Waals surface area contributed by atoms with Crippen LogP contribution < -0.4 is 11.1 Å². The van der Waals surface area contributed by atoms with Crippen LogP contribution in [0.4, 0.5) is 5.13 Å². The first-order valence-corrected chi connectivity index (χ1v) is 12.4. The molecule has 3 aliphatic rings. The lowest BCUT2D eigenvalue weighted by atomic mass is 9.56. The molecule has 0 radical (unpaired) electrons. The maximum absolute atomic E-state index is 12.5. The van der Waals surface area contributed by atoms with Crippen LogP contribution >= 0.6 is 11.3 Å². The Balaban J connectivity index is 1.30. The summed E-state index contributed by atoms with van der Waals surface area (Å²) in [5.74, 6) is 1.57. The van der Waals surface area contributed by atoms with Gasteiger partial charge in [-0.1, -0.05) is 6.07 Å². The summed E-state index contributed by atoms with van der Waals surface area (Å²) < 4.78 is 6.40. The fourth-order valence-electron chi connectivity index (χ4n) is 6.54. The van der Waals surface area contributed by atoms with Crippen LogP contribution in [0.25, 0.3) is 0 Å². The third kappa shape index (κ3) is 3.86. The topological polar surface area (TPSA) is 94.3 Å². The summed E-state index contributed by atoms with van der Waals surface area (Å²) in [5, 5.41) is 3.62. The van der Waals surface area contributed by atoms with Gasteiger partial charge in [0.2, 0.25) is 11.8 Å². The SMILES string of the molecule is Cc1cnc(NC(=O)CC[C@@H]2CO[C@@]3(C)CC[C@@H]4c5ccc(C(N)=O)cc5CC[C@H]4[C@H]23)s1. The molecular formula is C25H31N3O3S. The number of hydrogen-bond donors (Lipinski definition) is 2. The Bertz CT molecular complexity index is 1050. The second-order valence-corrected chi connectivity index (χ2v) is 11.1. The molecule has 7 heteroatoms. The molecule has 1 aromatic carbocycles. The Morgan fingerprint density at radius 2 is 2.19 bits per heavy atom. The molecule has 1 saturated heterocycles. The molecule has 3 N–H and O–H groups in total. The number of amides is 2. The van der Waals surface area contributed by atoms with Crippen molar-refractivity contribution < 1.29 is 14.3 Å². The maximum Gasteiger partial charge on any atom is 0.248 e. The molecule has 2 heterocycles. The zero-order valence-electron chi connectivity index (χ0n) is 18.7. The van der Waals surface area contributed by atoms with E-state index in [9.17, 15) is 9.59 Å². The van der Waals surface area contributed by atoms with Crippen molar-refractivity contribution in [2.24, 2.45) is 23.5 Å². The third-order valence-corrected chi connectivity index (χ3v) is 8.78. The number of nitrogens with one attached hydrogen (secondary N) is 1. The zero-order chi connectivity index (χ0) is 22.5. The number of ether oxygens (including phenoxy) is 1. The number of rotatable bonds is 5. The van der Waals surface area contributed by atoms with E-state index in [1.807, 2.05) is 19.1 Å².